The number of nitro benzene ring substituents is 1. The van der Waals surface area contributed by atoms with E-state index in [9.17, 15) is 19.7 Å². The molecule has 1 aliphatic carbocycles. The molecule has 1 atom stereocenters. The number of amides is 1. The van der Waals surface area contributed by atoms with Crippen LogP contribution in [0.5, 0.6) is 11.5 Å². The first-order chi connectivity index (χ1) is 13.3. The van der Waals surface area contributed by atoms with Gasteiger partial charge in [0.25, 0.3) is 11.6 Å². The van der Waals surface area contributed by atoms with Gasteiger partial charge in [0.1, 0.15) is 5.56 Å². The highest BCUT2D eigenvalue weighted by molar-refractivity contribution is 5.96. The highest BCUT2D eigenvalue weighted by Gasteiger charge is 2.31. The van der Waals surface area contributed by atoms with E-state index in [1.807, 2.05) is 0 Å². The second kappa shape index (κ2) is 9.38. The molecule has 154 valence electrons. The average Bonchev–Trinajstić information content (AvgIpc) is 2.71. The topological polar surface area (TPSA) is 108 Å². The second-order valence-electron chi connectivity index (χ2n) is 6.77. The van der Waals surface area contributed by atoms with Gasteiger partial charge in [0.05, 0.1) is 25.2 Å². The van der Waals surface area contributed by atoms with Crippen molar-refractivity contribution in [3.05, 3.63) is 27.8 Å². The summed E-state index contributed by atoms with van der Waals surface area (Å²) in [7, 11) is 4.38. The maximum atomic E-state index is 12.6. The fourth-order valence-corrected chi connectivity index (χ4v) is 3.39. The minimum atomic E-state index is -1.06. The van der Waals surface area contributed by atoms with Crippen LogP contribution in [-0.4, -0.2) is 55.1 Å². The van der Waals surface area contributed by atoms with E-state index in [1.165, 1.54) is 27.2 Å². The molecule has 0 N–H and O–H groups in total. The molecule has 1 aliphatic rings. The zero-order valence-corrected chi connectivity index (χ0v) is 16.6. The molecule has 28 heavy (non-hydrogen) atoms. The fraction of sp³-hybridized carbons (Fsp3) is 0.579. The number of hydrogen-bond acceptors (Lipinski definition) is 7. The van der Waals surface area contributed by atoms with Gasteiger partial charge in [-0.2, -0.15) is 0 Å². The number of carbonyl (C=O) groups is 2. The van der Waals surface area contributed by atoms with Crippen molar-refractivity contribution in [3.8, 4) is 11.5 Å². The Balaban J connectivity index is 2.18. The third kappa shape index (κ3) is 4.71. The van der Waals surface area contributed by atoms with Gasteiger partial charge >= 0.3 is 5.97 Å². The Bertz CT molecular complexity index is 744. The number of ether oxygens (including phenoxy) is 3. The molecule has 0 aromatic heterocycles. The molecule has 0 spiro atoms. The average molecular weight is 394 g/mol. The van der Waals surface area contributed by atoms with Crippen molar-refractivity contribution in [2.45, 2.75) is 51.2 Å². The molecular formula is C19H26N2O7. The molecule has 1 aromatic rings. The third-order valence-corrected chi connectivity index (χ3v) is 5.02. The van der Waals surface area contributed by atoms with E-state index in [0.29, 0.717) is 0 Å². The van der Waals surface area contributed by atoms with E-state index in [-0.39, 0.29) is 29.0 Å². The van der Waals surface area contributed by atoms with Crippen molar-refractivity contribution in [2.24, 2.45) is 0 Å². The lowest BCUT2D eigenvalue weighted by atomic mass is 9.94. The highest BCUT2D eigenvalue weighted by Crippen LogP contribution is 2.35. The molecule has 1 fully saturated rings. The van der Waals surface area contributed by atoms with Crippen LogP contribution in [0.25, 0.3) is 0 Å². The van der Waals surface area contributed by atoms with Gasteiger partial charge < -0.3 is 19.1 Å². The standard InChI is InChI=1S/C19H26N2O7/c1-12(18(22)20(2)13-8-6-5-7-9-13)28-19(23)14-10-16(26-3)17(27-4)11-15(14)21(24)25/h10-13H,5-9H2,1-4H3/t12-/m1/s1. The lowest BCUT2D eigenvalue weighted by molar-refractivity contribution is -0.385. The van der Waals surface area contributed by atoms with E-state index >= 15 is 0 Å². The third-order valence-electron chi connectivity index (χ3n) is 5.02. The number of nitrogens with zero attached hydrogens (tertiary/aromatic N) is 2. The van der Waals surface area contributed by atoms with Gasteiger partial charge in [0, 0.05) is 19.2 Å². The number of hydrogen-bond donors (Lipinski definition) is 0. The summed E-state index contributed by atoms with van der Waals surface area (Å²) in [4.78, 5) is 37.4. The smallest absolute Gasteiger partial charge is 0.346 e. The minimum Gasteiger partial charge on any atom is -0.493 e. The van der Waals surface area contributed by atoms with Crippen LogP contribution in [0.3, 0.4) is 0 Å². The molecule has 0 unspecified atom stereocenters. The summed E-state index contributed by atoms with van der Waals surface area (Å²) in [5, 5.41) is 11.4. The Hall–Kier alpha value is -2.84. The van der Waals surface area contributed by atoms with Gasteiger partial charge in [0.2, 0.25) is 0 Å². The number of benzene rings is 1. The normalized spacial score (nSPS) is 15.4. The first kappa shape index (κ1) is 21.5. The maximum absolute atomic E-state index is 12.6. The largest absolute Gasteiger partial charge is 0.493 e. The molecule has 0 radical (unpaired) electrons. The summed E-state index contributed by atoms with van der Waals surface area (Å²) in [6.45, 7) is 1.46. The van der Waals surface area contributed by atoms with E-state index < -0.39 is 22.7 Å². The van der Waals surface area contributed by atoms with Crippen LogP contribution >= 0.6 is 0 Å². The van der Waals surface area contributed by atoms with Crippen molar-refractivity contribution >= 4 is 17.6 Å². The molecule has 2 rings (SSSR count). The number of methoxy groups -OCH3 is 2. The molecule has 0 heterocycles. The Morgan fingerprint density at radius 2 is 1.71 bits per heavy atom. The SMILES string of the molecule is COc1cc(C(=O)O[C@H](C)C(=O)N(C)C2CCCCC2)c([N+](=O)[O-])cc1OC. The summed E-state index contributed by atoms with van der Waals surface area (Å²) in [5.74, 6) is -1.03. The zero-order valence-electron chi connectivity index (χ0n) is 16.6. The molecule has 9 nitrogen and oxygen atoms in total. The zero-order chi connectivity index (χ0) is 20.8. The highest BCUT2D eigenvalue weighted by atomic mass is 16.6. The molecule has 1 aromatic carbocycles. The van der Waals surface area contributed by atoms with Crippen molar-refractivity contribution in [1.82, 2.24) is 4.90 Å². The van der Waals surface area contributed by atoms with Crippen molar-refractivity contribution < 1.29 is 28.7 Å². The van der Waals surface area contributed by atoms with Gasteiger partial charge in [-0.3, -0.25) is 14.9 Å². The Morgan fingerprint density at radius 3 is 2.25 bits per heavy atom. The van der Waals surface area contributed by atoms with Crippen LogP contribution in [0, 0.1) is 10.1 Å². The molecule has 1 saturated carbocycles. The predicted octanol–water partition coefficient (Wildman–Crippen LogP) is 2.95. The lowest BCUT2D eigenvalue weighted by Crippen LogP contribution is -2.44. The molecule has 1 amide bonds. The van der Waals surface area contributed by atoms with Crippen LogP contribution in [0.4, 0.5) is 5.69 Å². The van der Waals surface area contributed by atoms with Crippen molar-refractivity contribution in [3.63, 3.8) is 0 Å². The van der Waals surface area contributed by atoms with E-state index in [4.69, 9.17) is 14.2 Å². The quantitative estimate of drug-likeness (QED) is 0.397. The molecule has 0 saturated heterocycles. The summed E-state index contributed by atoms with van der Waals surface area (Å²) >= 11 is 0. The number of carbonyl (C=O) groups excluding carboxylic acids is 2. The van der Waals surface area contributed by atoms with Crippen LogP contribution in [0.2, 0.25) is 0 Å². The number of nitro groups is 1. The first-order valence-electron chi connectivity index (χ1n) is 9.18. The molecule has 9 heteroatoms. The van der Waals surface area contributed by atoms with Crippen LogP contribution in [0.15, 0.2) is 12.1 Å². The summed E-state index contributed by atoms with van der Waals surface area (Å²) in [6, 6.07) is 2.40. The Kier molecular flexibility index (Phi) is 7.19. The monoisotopic (exact) mass is 394 g/mol. The van der Waals surface area contributed by atoms with Gasteiger partial charge in [-0.25, -0.2) is 4.79 Å². The van der Waals surface area contributed by atoms with Gasteiger partial charge in [-0.05, 0) is 19.8 Å². The summed E-state index contributed by atoms with van der Waals surface area (Å²) in [6.07, 6.45) is 4.06. The van der Waals surface area contributed by atoms with E-state index in [0.717, 1.165) is 38.2 Å². The first-order valence-corrected chi connectivity index (χ1v) is 9.18. The lowest BCUT2D eigenvalue weighted by Gasteiger charge is -2.32. The number of rotatable bonds is 7. The second-order valence-corrected chi connectivity index (χ2v) is 6.77. The van der Waals surface area contributed by atoms with E-state index in [2.05, 4.69) is 0 Å². The van der Waals surface area contributed by atoms with Gasteiger partial charge in [-0.1, -0.05) is 19.3 Å². The van der Waals surface area contributed by atoms with Gasteiger partial charge in [0.15, 0.2) is 17.6 Å². The predicted molar refractivity (Wildman–Crippen MR) is 101 cm³/mol. The Morgan fingerprint density at radius 1 is 1.14 bits per heavy atom. The maximum Gasteiger partial charge on any atom is 0.346 e. The van der Waals surface area contributed by atoms with Crippen molar-refractivity contribution in [1.29, 1.82) is 0 Å². The van der Waals surface area contributed by atoms with Gasteiger partial charge in [-0.15, -0.1) is 0 Å². The number of esters is 1. The summed E-state index contributed by atoms with van der Waals surface area (Å²) < 4.78 is 15.4. The molecule has 0 aliphatic heterocycles. The van der Waals surface area contributed by atoms with Crippen LogP contribution in [0.1, 0.15) is 49.4 Å². The van der Waals surface area contributed by atoms with Crippen molar-refractivity contribution in [2.75, 3.05) is 21.3 Å². The van der Waals surface area contributed by atoms with E-state index in [1.54, 1.807) is 11.9 Å². The fourth-order valence-electron chi connectivity index (χ4n) is 3.39. The summed E-state index contributed by atoms with van der Waals surface area (Å²) in [5.41, 5.74) is -0.787. The minimum absolute atomic E-state index is 0.118. The van der Waals surface area contributed by atoms with Crippen LogP contribution < -0.4 is 9.47 Å². The van der Waals surface area contributed by atoms with Crippen LogP contribution in [-0.2, 0) is 9.53 Å². The number of likely N-dealkylation sites (N-methyl/N-ethyl adjacent to an activating group) is 1. The molecule has 0 bridgehead atoms. The Labute approximate surface area is 163 Å². The molecular weight excluding hydrogens is 368 g/mol.